The third kappa shape index (κ3) is 5.83. The molecule has 1 saturated heterocycles. The molecule has 1 aliphatic rings. The van der Waals surface area contributed by atoms with Crippen LogP contribution >= 0.6 is 0 Å². The summed E-state index contributed by atoms with van der Waals surface area (Å²) in [5.74, 6) is 0. The van der Waals surface area contributed by atoms with E-state index in [1.54, 1.807) is 0 Å². The molecule has 2 unspecified atom stereocenters. The molecule has 1 aliphatic heterocycles. The highest BCUT2D eigenvalue weighted by atomic mass is 16.6. The van der Waals surface area contributed by atoms with Crippen molar-refractivity contribution < 1.29 is 14.3 Å². The molecule has 0 aromatic heterocycles. The minimum atomic E-state index is -0.523. The van der Waals surface area contributed by atoms with Gasteiger partial charge in [0.15, 0.2) is 0 Å². The fraction of sp³-hybridized carbons (Fsp3) is 0.480. The van der Waals surface area contributed by atoms with Crippen LogP contribution in [-0.2, 0) is 16.1 Å². The maximum atomic E-state index is 13.0. The highest BCUT2D eigenvalue weighted by Gasteiger charge is 2.38. The van der Waals surface area contributed by atoms with Crippen molar-refractivity contribution in [2.24, 2.45) is 0 Å². The molecule has 3 rings (SSSR count). The van der Waals surface area contributed by atoms with Gasteiger partial charge in [0.05, 0.1) is 18.8 Å². The van der Waals surface area contributed by atoms with Gasteiger partial charge in [0.1, 0.15) is 5.60 Å². The number of rotatable bonds is 4. The summed E-state index contributed by atoms with van der Waals surface area (Å²) in [4.78, 5) is 14.8. The summed E-state index contributed by atoms with van der Waals surface area (Å²) >= 11 is 0. The average Bonchev–Trinajstić information content (AvgIpc) is 2.64. The van der Waals surface area contributed by atoms with E-state index in [-0.39, 0.29) is 18.2 Å². The zero-order chi connectivity index (χ0) is 21.0. The molecule has 4 nitrogen and oxygen atoms in total. The van der Waals surface area contributed by atoms with Crippen LogP contribution in [-0.4, -0.2) is 29.2 Å². The van der Waals surface area contributed by atoms with Gasteiger partial charge in [-0.1, -0.05) is 59.7 Å². The highest BCUT2D eigenvalue weighted by molar-refractivity contribution is 5.69. The molecule has 0 N–H and O–H groups in total. The smallest absolute Gasteiger partial charge is 0.410 e. The molecule has 0 spiro atoms. The fourth-order valence-corrected chi connectivity index (χ4v) is 4.06. The van der Waals surface area contributed by atoms with Crippen molar-refractivity contribution in [2.45, 2.75) is 71.8 Å². The van der Waals surface area contributed by atoms with Crippen LogP contribution in [0.2, 0.25) is 0 Å². The average molecular weight is 396 g/mol. The number of carbonyl (C=O) groups excluding carboxylic acids is 1. The van der Waals surface area contributed by atoms with Crippen LogP contribution in [0.5, 0.6) is 0 Å². The molecule has 0 aliphatic carbocycles. The fourth-order valence-electron chi connectivity index (χ4n) is 4.06. The Balaban J connectivity index is 1.83. The van der Waals surface area contributed by atoms with Gasteiger partial charge in [-0.2, -0.15) is 0 Å². The SMILES string of the molecule is Cc1cc(C)cc(COC2CCCN(C(=O)OC(C)(C)C)C2c2ccccc2)c1. The third-order valence-corrected chi connectivity index (χ3v) is 5.09. The molecular weight excluding hydrogens is 362 g/mol. The van der Waals surface area contributed by atoms with Gasteiger partial charge in [0.2, 0.25) is 0 Å². The number of hydrogen-bond donors (Lipinski definition) is 0. The molecule has 1 fully saturated rings. The first-order valence-electron chi connectivity index (χ1n) is 10.5. The molecule has 2 aromatic rings. The van der Waals surface area contributed by atoms with E-state index in [1.165, 1.54) is 16.7 Å². The van der Waals surface area contributed by atoms with E-state index in [1.807, 2.05) is 43.9 Å². The van der Waals surface area contributed by atoms with E-state index in [9.17, 15) is 4.79 Å². The Morgan fingerprint density at radius 1 is 1.07 bits per heavy atom. The van der Waals surface area contributed by atoms with Gasteiger partial charge < -0.3 is 9.47 Å². The van der Waals surface area contributed by atoms with Crippen molar-refractivity contribution in [2.75, 3.05) is 6.54 Å². The van der Waals surface area contributed by atoms with Crippen molar-refractivity contribution >= 4 is 6.09 Å². The Bertz CT molecular complexity index is 805. The van der Waals surface area contributed by atoms with Crippen molar-refractivity contribution in [3.8, 4) is 0 Å². The number of piperidine rings is 1. The van der Waals surface area contributed by atoms with Crippen LogP contribution in [0.25, 0.3) is 0 Å². The Morgan fingerprint density at radius 3 is 2.34 bits per heavy atom. The zero-order valence-corrected chi connectivity index (χ0v) is 18.3. The number of amides is 1. The van der Waals surface area contributed by atoms with Crippen molar-refractivity contribution in [3.63, 3.8) is 0 Å². The quantitative estimate of drug-likeness (QED) is 0.641. The number of aryl methyl sites for hydroxylation is 2. The highest BCUT2D eigenvalue weighted by Crippen LogP contribution is 2.35. The van der Waals surface area contributed by atoms with Crippen LogP contribution in [0.3, 0.4) is 0 Å². The molecule has 0 bridgehead atoms. The maximum absolute atomic E-state index is 13.0. The van der Waals surface area contributed by atoms with E-state index in [2.05, 4.69) is 44.2 Å². The second kappa shape index (κ2) is 9.00. The van der Waals surface area contributed by atoms with Gasteiger partial charge in [-0.05, 0) is 58.6 Å². The van der Waals surface area contributed by atoms with Crippen molar-refractivity contribution in [3.05, 3.63) is 70.8 Å². The summed E-state index contributed by atoms with van der Waals surface area (Å²) in [5.41, 5.74) is 4.21. The number of ether oxygens (including phenoxy) is 2. The zero-order valence-electron chi connectivity index (χ0n) is 18.3. The largest absolute Gasteiger partial charge is 0.444 e. The monoisotopic (exact) mass is 395 g/mol. The van der Waals surface area contributed by atoms with E-state index < -0.39 is 5.60 Å². The molecular formula is C25H33NO3. The summed E-state index contributed by atoms with van der Waals surface area (Å²) in [5, 5.41) is 0. The van der Waals surface area contributed by atoms with Crippen molar-refractivity contribution in [1.29, 1.82) is 0 Å². The van der Waals surface area contributed by atoms with Gasteiger partial charge in [0.25, 0.3) is 0 Å². The number of hydrogen-bond acceptors (Lipinski definition) is 3. The minimum absolute atomic E-state index is 0.0699. The molecule has 0 radical (unpaired) electrons. The molecule has 29 heavy (non-hydrogen) atoms. The predicted molar refractivity (Wildman–Crippen MR) is 116 cm³/mol. The Morgan fingerprint density at radius 2 is 1.72 bits per heavy atom. The summed E-state index contributed by atoms with van der Waals surface area (Å²) in [6.07, 6.45) is 1.48. The van der Waals surface area contributed by atoms with Gasteiger partial charge in [-0.15, -0.1) is 0 Å². The summed E-state index contributed by atoms with van der Waals surface area (Å²) in [6.45, 7) is 11.1. The molecule has 2 atom stereocenters. The molecule has 0 saturated carbocycles. The second-order valence-electron chi connectivity index (χ2n) is 9.02. The number of benzene rings is 2. The first-order valence-corrected chi connectivity index (χ1v) is 10.5. The first-order chi connectivity index (χ1) is 13.7. The normalized spacial score (nSPS) is 19.8. The summed E-state index contributed by atoms with van der Waals surface area (Å²) in [6, 6.07) is 16.5. The molecule has 156 valence electrons. The van der Waals surface area contributed by atoms with Crippen LogP contribution in [0, 0.1) is 13.8 Å². The van der Waals surface area contributed by atoms with Crippen LogP contribution in [0.15, 0.2) is 48.5 Å². The van der Waals surface area contributed by atoms with Gasteiger partial charge in [-0.25, -0.2) is 4.79 Å². The van der Waals surface area contributed by atoms with Crippen molar-refractivity contribution in [1.82, 2.24) is 4.90 Å². The van der Waals surface area contributed by atoms with Gasteiger partial charge in [0, 0.05) is 6.54 Å². The number of carbonyl (C=O) groups is 1. The van der Waals surface area contributed by atoms with E-state index in [4.69, 9.17) is 9.47 Å². The Kier molecular flexibility index (Phi) is 6.63. The molecule has 4 heteroatoms. The predicted octanol–water partition coefficient (Wildman–Crippen LogP) is 5.96. The van der Waals surface area contributed by atoms with Crippen LogP contribution in [0.4, 0.5) is 4.79 Å². The Hall–Kier alpha value is -2.33. The lowest BCUT2D eigenvalue weighted by molar-refractivity contribution is -0.0600. The minimum Gasteiger partial charge on any atom is -0.444 e. The molecule has 2 aromatic carbocycles. The second-order valence-corrected chi connectivity index (χ2v) is 9.02. The van der Waals surface area contributed by atoms with E-state index in [0.29, 0.717) is 13.2 Å². The topological polar surface area (TPSA) is 38.8 Å². The number of likely N-dealkylation sites (tertiary alicyclic amines) is 1. The third-order valence-electron chi connectivity index (χ3n) is 5.09. The van der Waals surface area contributed by atoms with Gasteiger partial charge >= 0.3 is 6.09 Å². The molecule has 1 amide bonds. The summed E-state index contributed by atoms with van der Waals surface area (Å²) < 4.78 is 12.1. The lowest BCUT2D eigenvalue weighted by atomic mass is 9.92. The van der Waals surface area contributed by atoms with E-state index in [0.717, 1.165) is 18.4 Å². The van der Waals surface area contributed by atoms with Gasteiger partial charge in [-0.3, -0.25) is 4.90 Å². The maximum Gasteiger partial charge on any atom is 0.410 e. The lowest BCUT2D eigenvalue weighted by Gasteiger charge is -2.41. The molecule has 1 heterocycles. The first kappa shape index (κ1) is 21.4. The standard InChI is InChI=1S/C25H33NO3/c1-18-14-19(2)16-20(15-18)17-28-22-12-9-13-26(24(27)29-25(3,4)5)23(22)21-10-7-6-8-11-21/h6-8,10-11,14-16,22-23H,9,12-13,17H2,1-5H3. The van der Waals surface area contributed by atoms with Crippen LogP contribution < -0.4 is 0 Å². The summed E-state index contributed by atoms with van der Waals surface area (Å²) in [7, 11) is 0. The lowest BCUT2D eigenvalue weighted by Crippen LogP contribution is -2.47. The van der Waals surface area contributed by atoms with E-state index >= 15 is 0 Å². The Labute approximate surface area is 174 Å². The number of nitrogens with zero attached hydrogens (tertiary/aromatic N) is 1. The van der Waals surface area contributed by atoms with Crippen LogP contribution in [0.1, 0.15) is 61.9 Å².